The Balaban J connectivity index is 1.46. The number of guanidine groups is 1. The number of amides is 2. The minimum atomic E-state index is -4.53. The van der Waals surface area contributed by atoms with Crippen molar-refractivity contribution in [1.82, 2.24) is 10.6 Å². The second-order valence-electron chi connectivity index (χ2n) is 11.0. The van der Waals surface area contributed by atoms with Gasteiger partial charge in [-0.05, 0) is 48.6 Å². The Morgan fingerprint density at radius 1 is 0.864 bits per heavy atom. The van der Waals surface area contributed by atoms with Gasteiger partial charge in [-0.1, -0.05) is 78.9 Å². The van der Waals surface area contributed by atoms with Crippen LogP contribution in [0.5, 0.6) is 0 Å². The zero-order valence-corrected chi connectivity index (χ0v) is 25.3. The van der Waals surface area contributed by atoms with E-state index < -0.39 is 51.5 Å². The van der Waals surface area contributed by atoms with Crippen LogP contribution in [0.15, 0.2) is 83.3 Å². The molecule has 3 aromatic rings. The molecule has 0 heterocycles. The van der Waals surface area contributed by atoms with Crippen molar-refractivity contribution in [3.63, 3.8) is 0 Å². The predicted octanol–water partition coefficient (Wildman–Crippen LogP) is 3.81. The molecule has 1 atom stereocenters. The molecule has 1 aliphatic rings. The Morgan fingerprint density at radius 2 is 1.43 bits per heavy atom. The number of carbonyl (C=O) groups is 3. The van der Waals surface area contributed by atoms with E-state index in [2.05, 4.69) is 9.71 Å². The van der Waals surface area contributed by atoms with E-state index in [9.17, 15) is 22.8 Å². The normalized spacial score (nSPS) is 13.7. The minimum Gasteiger partial charge on any atom is -0.459 e. The molecule has 0 aliphatic heterocycles. The van der Waals surface area contributed by atoms with Gasteiger partial charge in [0.25, 0.3) is 10.0 Å². The number of benzene rings is 3. The van der Waals surface area contributed by atoms with Gasteiger partial charge in [0, 0.05) is 5.92 Å². The SMILES string of the molecule is CC(C)(C)OC(=O)N/C(N)=N\S(=O)(=O)C[C@H](NC(=O)OCC1c2ccccc2-c2ccccc21)C(=O)OCc1ccccc1. The number of rotatable bonds is 9. The Bertz CT molecular complexity index is 1610. The molecule has 2 amide bonds. The maximum Gasteiger partial charge on any atom is 0.414 e. The van der Waals surface area contributed by atoms with Crippen LogP contribution in [0.4, 0.5) is 9.59 Å². The van der Waals surface area contributed by atoms with Gasteiger partial charge in [-0.3, -0.25) is 5.32 Å². The van der Waals surface area contributed by atoms with Crippen LogP contribution in [-0.4, -0.2) is 56.5 Å². The number of fused-ring (bicyclic) bond motifs is 3. The number of nitrogens with zero attached hydrogens (tertiary/aromatic N) is 1. The summed E-state index contributed by atoms with van der Waals surface area (Å²) in [6, 6.07) is 22.5. The van der Waals surface area contributed by atoms with Crippen molar-refractivity contribution in [2.75, 3.05) is 12.4 Å². The van der Waals surface area contributed by atoms with Crippen LogP contribution in [-0.2, 0) is 35.6 Å². The second kappa shape index (κ2) is 13.6. The van der Waals surface area contributed by atoms with Crippen LogP contribution in [0.3, 0.4) is 0 Å². The van der Waals surface area contributed by atoms with E-state index in [1.807, 2.05) is 53.8 Å². The molecule has 44 heavy (non-hydrogen) atoms. The van der Waals surface area contributed by atoms with E-state index in [0.29, 0.717) is 5.56 Å². The average molecular weight is 623 g/mol. The smallest absolute Gasteiger partial charge is 0.414 e. The number of sulfonamides is 1. The van der Waals surface area contributed by atoms with Gasteiger partial charge >= 0.3 is 18.2 Å². The predicted molar refractivity (Wildman–Crippen MR) is 163 cm³/mol. The summed E-state index contributed by atoms with van der Waals surface area (Å²) in [7, 11) is -4.53. The molecule has 0 aromatic heterocycles. The molecule has 0 saturated carbocycles. The highest BCUT2D eigenvalue weighted by Gasteiger charge is 2.32. The quantitative estimate of drug-likeness (QED) is 0.139. The van der Waals surface area contributed by atoms with Gasteiger partial charge in [-0.2, -0.15) is 0 Å². The zero-order valence-electron chi connectivity index (χ0n) is 24.5. The first-order valence-electron chi connectivity index (χ1n) is 13.7. The van der Waals surface area contributed by atoms with E-state index in [4.69, 9.17) is 19.9 Å². The summed E-state index contributed by atoms with van der Waals surface area (Å²) in [5.74, 6) is -3.11. The third-order valence-electron chi connectivity index (χ3n) is 6.39. The number of ether oxygens (including phenoxy) is 3. The summed E-state index contributed by atoms with van der Waals surface area (Å²) in [6.07, 6.45) is -2.06. The Kier molecular flexibility index (Phi) is 9.89. The lowest BCUT2D eigenvalue weighted by molar-refractivity contribution is -0.146. The monoisotopic (exact) mass is 622 g/mol. The van der Waals surface area contributed by atoms with E-state index in [1.165, 1.54) is 0 Å². The molecular formula is C31H34N4O8S. The van der Waals surface area contributed by atoms with Crippen molar-refractivity contribution in [3.8, 4) is 11.1 Å². The van der Waals surface area contributed by atoms with Crippen LogP contribution in [0.25, 0.3) is 11.1 Å². The highest BCUT2D eigenvalue weighted by atomic mass is 32.2. The number of hydrogen-bond acceptors (Lipinski definition) is 8. The van der Waals surface area contributed by atoms with E-state index in [0.717, 1.165) is 22.3 Å². The molecule has 4 N–H and O–H groups in total. The lowest BCUT2D eigenvalue weighted by Gasteiger charge is -2.20. The summed E-state index contributed by atoms with van der Waals surface area (Å²) >= 11 is 0. The van der Waals surface area contributed by atoms with Gasteiger partial charge in [0.2, 0.25) is 5.96 Å². The molecule has 0 fully saturated rings. The van der Waals surface area contributed by atoms with Gasteiger partial charge < -0.3 is 25.3 Å². The van der Waals surface area contributed by atoms with Crippen LogP contribution < -0.4 is 16.4 Å². The molecule has 0 spiro atoms. The van der Waals surface area contributed by atoms with E-state index in [1.54, 1.807) is 51.1 Å². The highest BCUT2D eigenvalue weighted by Crippen LogP contribution is 2.44. The molecule has 12 nitrogen and oxygen atoms in total. The third-order valence-corrected chi connectivity index (χ3v) is 7.62. The lowest BCUT2D eigenvalue weighted by Crippen LogP contribution is -2.47. The van der Waals surface area contributed by atoms with Crippen molar-refractivity contribution in [2.24, 2.45) is 10.1 Å². The van der Waals surface area contributed by atoms with Crippen molar-refractivity contribution in [3.05, 3.63) is 95.6 Å². The lowest BCUT2D eigenvalue weighted by atomic mass is 9.98. The third kappa shape index (κ3) is 8.80. The molecule has 0 bridgehead atoms. The maximum absolute atomic E-state index is 13.0. The number of hydrogen-bond donors (Lipinski definition) is 3. The topological polar surface area (TPSA) is 175 Å². The maximum atomic E-state index is 13.0. The van der Waals surface area contributed by atoms with Gasteiger partial charge in [-0.15, -0.1) is 4.40 Å². The van der Waals surface area contributed by atoms with Crippen molar-refractivity contribution >= 4 is 34.1 Å². The molecule has 13 heteroatoms. The number of esters is 1. The number of nitrogens with two attached hydrogens (primary N) is 1. The Hall–Kier alpha value is -4.91. The fourth-order valence-corrected chi connectivity index (χ4v) is 5.67. The van der Waals surface area contributed by atoms with E-state index >= 15 is 0 Å². The molecule has 232 valence electrons. The van der Waals surface area contributed by atoms with Crippen LogP contribution in [0.2, 0.25) is 0 Å². The molecule has 0 unspecified atom stereocenters. The summed E-state index contributed by atoms with van der Waals surface area (Å²) in [5, 5.41) is 4.30. The largest absolute Gasteiger partial charge is 0.459 e. The van der Waals surface area contributed by atoms with Crippen molar-refractivity contribution < 1.29 is 37.0 Å². The summed E-state index contributed by atoms with van der Waals surface area (Å²) in [4.78, 5) is 37.9. The summed E-state index contributed by atoms with van der Waals surface area (Å²) in [5.41, 5.74) is 9.38. The summed E-state index contributed by atoms with van der Waals surface area (Å²) in [6.45, 7) is 4.59. The number of carbonyl (C=O) groups excluding carboxylic acids is 3. The number of alkyl carbamates (subject to hydrolysis) is 2. The van der Waals surface area contributed by atoms with Gasteiger partial charge in [-0.25, -0.2) is 22.8 Å². The van der Waals surface area contributed by atoms with Crippen LogP contribution in [0, 0.1) is 0 Å². The molecule has 0 radical (unpaired) electrons. The highest BCUT2D eigenvalue weighted by molar-refractivity contribution is 7.90. The first-order chi connectivity index (χ1) is 20.8. The van der Waals surface area contributed by atoms with Gasteiger partial charge in [0.1, 0.15) is 30.6 Å². The molecule has 4 rings (SSSR count). The zero-order chi connectivity index (χ0) is 31.9. The van der Waals surface area contributed by atoms with Gasteiger partial charge in [0.05, 0.1) is 0 Å². The van der Waals surface area contributed by atoms with Crippen LogP contribution in [0.1, 0.15) is 43.4 Å². The molecule has 3 aromatic carbocycles. The summed E-state index contributed by atoms with van der Waals surface area (Å²) < 4.78 is 44.9. The minimum absolute atomic E-state index is 0.0662. The van der Waals surface area contributed by atoms with Crippen molar-refractivity contribution in [2.45, 2.75) is 44.9 Å². The standard InChI is InChI=1S/C31H34N4O8S/c1-31(2,3)43-30(38)34-28(32)35-44(39,40)19-26(27(36)41-17-20-11-5-4-6-12-20)33-29(37)42-18-25-23-15-9-7-13-21(23)22-14-8-10-16-24(22)25/h4-16,25-26H,17-19H2,1-3H3,(H,33,37)(H3,32,34,35,38)/t26-/m0/s1. The fraction of sp³-hybridized carbons (Fsp3) is 0.290. The average Bonchev–Trinajstić information content (AvgIpc) is 3.27. The first-order valence-corrected chi connectivity index (χ1v) is 15.3. The Morgan fingerprint density at radius 3 is 2.02 bits per heavy atom. The first kappa shape index (κ1) is 32.0. The van der Waals surface area contributed by atoms with Crippen molar-refractivity contribution in [1.29, 1.82) is 0 Å². The molecule has 1 aliphatic carbocycles. The second-order valence-corrected chi connectivity index (χ2v) is 12.6. The number of nitrogens with one attached hydrogen (secondary N) is 2. The van der Waals surface area contributed by atoms with Gasteiger partial charge in [0.15, 0.2) is 0 Å². The van der Waals surface area contributed by atoms with E-state index in [-0.39, 0.29) is 19.1 Å². The fourth-order valence-electron chi connectivity index (χ4n) is 4.61. The Labute approximate surface area is 255 Å². The molecule has 0 saturated heterocycles. The molecular weight excluding hydrogens is 588 g/mol. The van der Waals surface area contributed by atoms with Crippen LogP contribution >= 0.6 is 0 Å².